The minimum atomic E-state index is 0.616. The predicted octanol–water partition coefficient (Wildman–Crippen LogP) is 4.00. The minimum Gasteiger partial charge on any atom is -0.278 e. The molecule has 0 fully saturated rings. The summed E-state index contributed by atoms with van der Waals surface area (Å²) in [5.74, 6) is 0. The molecule has 0 saturated carbocycles. The van der Waals surface area contributed by atoms with Gasteiger partial charge in [-0.25, -0.2) is 0 Å². The zero-order valence-corrected chi connectivity index (χ0v) is 11.3. The predicted molar refractivity (Wildman–Crippen MR) is 79.2 cm³/mol. The minimum absolute atomic E-state index is 0.616. The highest BCUT2D eigenvalue weighted by Crippen LogP contribution is 2.27. The number of halogens is 1. The van der Waals surface area contributed by atoms with E-state index in [1.165, 1.54) is 0 Å². The molecule has 0 aromatic heterocycles. The number of benzene rings is 2. The molecule has 1 aliphatic rings. The summed E-state index contributed by atoms with van der Waals surface area (Å²) in [7, 11) is 0. The summed E-state index contributed by atoms with van der Waals surface area (Å²) >= 11 is 3.59. The third-order valence-electron chi connectivity index (χ3n) is 2.85. The van der Waals surface area contributed by atoms with Crippen molar-refractivity contribution >= 4 is 33.5 Å². The first-order chi connectivity index (χ1) is 8.86. The van der Waals surface area contributed by atoms with Gasteiger partial charge in [0.25, 0.3) is 0 Å². The summed E-state index contributed by atoms with van der Waals surface area (Å²) in [4.78, 5) is 9.07. The number of rotatable bonds is 1. The van der Waals surface area contributed by atoms with Crippen molar-refractivity contribution in [1.29, 1.82) is 0 Å². The number of hydrogen-bond acceptors (Lipinski definition) is 2. The molecule has 0 amide bonds. The number of fused-ring (bicyclic) bond motifs is 1. The van der Waals surface area contributed by atoms with E-state index in [1.54, 1.807) is 0 Å². The fraction of sp³-hybridized carbons (Fsp3) is 0.0667. The van der Waals surface area contributed by atoms with E-state index in [9.17, 15) is 0 Å². The summed E-state index contributed by atoms with van der Waals surface area (Å²) in [5, 5.41) is 0. The van der Waals surface area contributed by atoms with Crippen LogP contribution >= 0.6 is 15.9 Å². The molecule has 1 heterocycles. The summed E-state index contributed by atoms with van der Waals surface area (Å²) in [6.45, 7) is 0.616. The monoisotopic (exact) mass is 298 g/mol. The van der Waals surface area contributed by atoms with E-state index >= 15 is 0 Å². The van der Waals surface area contributed by atoms with E-state index < -0.39 is 0 Å². The fourth-order valence-electron chi connectivity index (χ4n) is 2.03. The van der Waals surface area contributed by atoms with Crippen LogP contribution in [0, 0.1) is 0 Å². The van der Waals surface area contributed by atoms with Crippen LogP contribution in [0.2, 0.25) is 0 Å². The molecular formula is C15H11BrN2. The molecule has 2 nitrogen and oxygen atoms in total. The summed E-state index contributed by atoms with van der Waals surface area (Å²) in [6, 6.07) is 16.2. The molecule has 2 aromatic carbocycles. The second-order valence-electron chi connectivity index (χ2n) is 4.00. The normalized spacial score (nSPS) is 13.7. The zero-order chi connectivity index (χ0) is 12.4. The third-order valence-corrected chi connectivity index (χ3v) is 3.54. The largest absolute Gasteiger partial charge is 0.278 e. The first-order valence-corrected chi connectivity index (χ1v) is 6.57. The van der Waals surface area contributed by atoms with Crippen molar-refractivity contribution in [3.05, 3.63) is 64.1 Å². The zero-order valence-electron chi connectivity index (χ0n) is 9.68. The smallest absolute Gasteiger partial charge is 0.0756 e. The second-order valence-corrected chi connectivity index (χ2v) is 4.85. The Morgan fingerprint density at radius 3 is 2.44 bits per heavy atom. The number of hydrogen-bond donors (Lipinski definition) is 0. The van der Waals surface area contributed by atoms with Crippen molar-refractivity contribution in [2.75, 3.05) is 6.54 Å². The Labute approximate surface area is 114 Å². The molecule has 0 unspecified atom stereocenters. The van der Waals surface area contributed by atoms with Gasteiger partial charge in [-0.2, -0.15) is 0 Å². The highest BCUT2D eigenvalue weighted by molar-refractivity contribution is 9.10. The van der Waals surface area contributed by atoms with E-state index in [4.69, 9.17) is 0 Å². The average molecular weight is 299 g/mol. The van der Waals surface area contributed by atoms with Crippen molar-refractivity contribution in [2.24, 2.45) is 9.98 Å². The lowest BCUT2D eigenvalue weighted by molar-refractivity contribution is 1.32. The van der Waals surface area contributed by atoms with E-state index in [0.717, 1.165) is 27.0 Å². The topological polar surface area (TPSA) is 24.7 Å². The maximum Gasteiger partial charge on any atom is 0.0756 e. The van der Waals surface area contributed by atoms with Crippen LogP contribution in [0.25, 0.3) is 0 Å². The van der Waals surface area contributed by atoms with Crippen LogP contribution in [0.15, 0.2) is 63.0 Å². The lowest BCUT2D eigenvalue weighted by Crippen LogP contribution is -2.04. The van der Waals surface area contributed by atoms with Crippen molar-refractivity contribution in [2.45, 2.75) is 0 Å². The maximum absolute atomic E-state index is 4.63. The Hall–Kier alpha value is -1.74. The summed E-state index contributed by atoms with van der Waals surface area (Å²) < 4.78 is 1.06. The van der Waals surface area contributed by atoms with E-state index in [-0.39, 0.29) is 0 Å². The number of aliphatic imine (C=N–C) groups is 2. The Bertz CT molecular complexity index is 644. The van der Waals surface area contributed by atoms with Crippen LogP contribution < -0.4 is 0 Å². The number of nitrogens with zero attached hydrogens (tertiary/aromatic N) is 2. The number of para-hydroxylation sites is 1. The molecular weight excluding hydrogens is 288 g/mol. The first-order valence-electron chi connectivity index (χ1n) is 5.77. The van der Waals surface area contributed by atoms with Crippen molar-refractivity contribution in [3.63, 3.8) is 0 Å². The molecule has 0 bridgehead atoms. The van der Waals surface area contributed by atoms with Gasteiger partial charge in [-0.05, 0) is 12.1 Å². The lowest BCUT2D eigenvalue weighted by atomic mass is 10.0. The van der Waals surface area contributed by atoms with Gasteiger partial charge in [-0.15, -0.1) is 0 Å². The van der Waals surface area contributed by atoms with Crippen molar-refractivity contribution in [1.82, 2.24) is 0 Å². The summed E-state index contributed by atoms with van der Waals surface area (Å²) in [5.41, 5.74) is 4.16. The van der Waals surface area contributed by atoms with Crippen LogP contribution in [0.5, 0.6) is 0 Å². The quantitative estimate of drug-likeness (QED) is 0.760. The van der Waals surface area contributed by atoms with E-state index in [1.807, 2.05) is 42.6 Å². The van der Waals surface area contributed by atoms with Crippen LogP contribution in [0.3, 0.4) is 0 Å². The molecule has 0 atom stereocenters. The van der Waals surface area contributed by atoms with Gasteiger partial charge in [0, 0.05) is 21.8 Å². The summed E-state index contributed by atoms with van der Waals surface area (Å²) in [6.07, 6.45) is 1.85. The van der Waals surface area contributed by atoms with Gasteiger partial charge in [0.15, 0.2) is 0 Å². The maximum atomic E-state index is 4.63. The molecule has 0 radical (unpaired) electrons. The molecule has 0 spiro atoms. The molecule has 18 heavy (non-hydrogen) atoms. The molecule has 2 aromatic rings. The Morgan fingerprint density at radius 2 is 1.61 bits per heavy atom. The standard InChI is InChI=1S/C15H11BrN2/c16-13-7-3-1-5-11(13)15-12-6-2-4-8-14(12)17-9-10-18-15/h1-9H,10H2. The molecule has 1 aliphatic heterocycles. The molecule has 3 rings (SSSR count). The van der Waals surface area contributed by atoms with Gasteiger partial charge >= 0.3 is 0 Å². The van der Waals surface area contributed by atoms with E-state index in [0.29, 0.717) is 6.54 Å². The average Bonchev–Trinajstić information content (AvgIpc) is 2.62. The van der Waals surface area contributed by atoms with Crippen LogP contribution in [0.1, 0.15) is 11.1 Å². The van der Waals surface area contributed by atoms with Gasteiger partial charge in [0.2, 0.25) is 0 Å². The van der Waals surface area contributed by atoms with Crippen LogP contribution in [-0.4, -0.2) is 18.5 Å². The first kappa shape index (κ1) is 11.4. The second kappa shape index (κ2) is 4.86. The Morgan fingerprint density at radius 1 is 0.889 bits per heavy atom. The molecule has 3 heteroatoms. The van der Waals surface area contributed by atoms with Gasteiger partial charge in [0.05, 0.1) is 17.9 Å². The van der Waals surface area contributed by atoms with Crippen LogP contribution in [-0.2, 0) is 0 Å². The van der Waals surface area contributed by atoms with Crippen molar-refractivity contribution in [3.8, 4) is 0 Å². The van der Waals surface area contributed by atoms with Gasteiger partial charge in [0.1, 0.15) is 0 Å². The van der Waals surface area contributed by atoms with E-state index in [2.05, 4.69) is 38.0 Å². The van der Waals surface area contributed by atoms with Crippen LogP contribution in [0.4, 0.5) is 5.69 Å². The van der Waals surface area contributed by atoms with Gasteiger partial charge in [-0.3, -0.25) is 9.98 Å². The highest BCUT2D eigenvalue weighted by Gasteiger charge is 2.14. The SMILES string of the molecule is Brc1ccccc1C1=NCC=Nc2ccccc21. The Kier molecular flexibility index (Phi) is 3.07. The fourth-order valence-corrected chi connectivity index (χ4v) is 2.50. The van der Waals surface area contributed by atoms with Gasteiger partial charge in [-0.1, -0.05) is 52.3 Å². The molecule has 88 valence electrons. The lowest BCUT2D eigenvalue weighted by Gasteiger charge is -2.09. The third kappa shape index (κ3) is 2.02. The Balaban J connectivity index is 2.21. The highest BCUT2D eigenvalue weighted by atomic mass is 79.9. The molecule has 0 saturated heterocycles. The molecule has 0 aliphatic carbocycles. The molecule has 0 N–H and O–H groups in total. The van der Waals surface area contributed by atoms with Gasteiger partial charge < -0.3 is 0 Å². The van der Waals surface area contributed by atoms with Crippen molar-refractivity contribution < 1.29 is 0 Å².